The molecule has 2 saturated heterocycles. The van der Waals surface area contributed by atoms with E-state index in [9.17, 15) is 9.90 Å². The van der Waals surface area contributed by atoms with Crippen molar-refractivity contribution < 1.29 is 19.4 Å². The minimum absolute atomic E-state index is 0.262. The van der Waals surface area contributed by atoms with Crippen LogP contribution in [0.4, 0.5) is 16.6 Å². The third-order valence-corrected chi connectivity index (χ3v) is 4.50. The maximum Gasteiger partial charge on any atom is 0.416 e. The normalized spacial score (nSPS) is 24.6. The number of halogens is 1. The van der Waals surface area contributed by atoms with Gasteiger partial charge in [-0.15, -0.1) is 0 Å². The number of aromatic nitrogens is 2. The molecule has 2 fully saturated rings. The van der Waals surface area contributed by atoms with Crippen LogP contribution in [0.3, 0.4) is 0 Å². The summed E-state index contributed by atoms with van der Waals surface area (Å²) in [7, 11) is 0. The van der Waals surface area contributed by atoms with E-state index in [1.807, 2.05) is 11.8 Å². The molecule has 8 nitrogen and oxygen atoms in total. The standard InChI is InChI=1S/C16H23ClN4O4/c1-10-11(9-16(2,3)23)25-15(22)21(10)13-8-12(17)18-14(19-13)20-4-6-24-7-5-20/h8,10-11,23H,4-7,9H2,1-3H3/t10-,11?/m0/s1. The summed E-state index contributed by atoms with van der Waals surface area (Å²) in [6, 6.07) is 1.28. The fourth-order valence-corrected chi connectivity index (χ4v) is 3.22. The van der Waals surface area contributed by atoms with Gasteiger partial charge in [-0.1, -0.05) is 11.6 Å². The van der Waals surface area contributed by atoms with Gasteiger partial charge in [0.1, 0.15) is 17.1 Å². The molecule has 2 atom stereocenters. The lowest BCUT2D eigenvalue weighted by Crippen LogP contribution is -2.39. The van der Waals surface area contributed by atoms with E-state index in [1.165, 1.54) is 4.90 Å². The number of carbonyl (C=O) groups is 1. The van der Waals surface area contributed by atoms with Gasteiger partial charge >= 0.3 is 6.09 Å². The number of cyclic esters (lactones) is 1. The third kappa shape index (κ3) is 4.13. The zero-order valence-corrected chi connectivity index (χ0v) is 15.4. The Morgan fingerprint density at radius 3 is 2.68 bits per heavy atom. The fraction of sp³-hybridized carbons (Fsp3) is 0.688. The second-order valence-corrected chi connectivity index (χ2v) is 7.38. The third-order valence-electron chi connectivity index (χ3n) is 4.31. The molecular formula is C16H23ClN4O4. The van der Waals surface area contributed by atoms with Crippen LogP contribution in [-0.4, -0.2) is 65.2 Å². The number of hydrogen-bond acceptors (Lipinski definition) is 7. The summed E-state index contributed by atoms with van der Waals surface area (Å²) in [5, 5.41) is 10.3. The van der Waals surface area contributed by atoms with Crippen LogP contribution in [0.2, 0.25) is 5.15 Å². The van der Waals surface area contributed by atoms with E-state index in [1.54, 1.807) is 19.9 Å². The lowest BCUT2D eigenvalue weighted by atomic mass is 9.97. The topological polar surface area (TPSA) is 88.0 Å². The quantitative estimate of drug-likeness (QED) is 0.809. The largest absolute Gasteiger partial charge is 0.443 e. The van der Waals surface area contributed by atoms with E-state index >= 15 is 0 Å². The molecule has 138 valence electrons. The molecule has 3 heterocycles. The van der Waals surface area contributed by atoms with Crippen molar-refractivity contribution in [2.75, 3.05) is 36.1 Å². The molecule has 0 bridgehead atoms. The van der Waals surface area contributed by atoms with Crippen molar-refractivity contribution in [3.63, 3.8) is 0 Å². The number of amides is 1. The molecule has 1 unspecified atom stereocenters. The Bertz CT molecular complexity index is 646. The molecule has 0 radical (unpaired) electrons. The van der Waals surface area contributed by atoms with Crippen LogP contribution in [-0.2, 0) is 9.47 Å². The predicted molar refractivity (Wildman–Crippen MR) is 93.2 cm³/mol. The Labute approximate surface area is 151 Å². The number of carbonyl (C=O) groups excluding carboxylic acids is 1. The molecule has 0 spiro atoms. The minimum atomic E-state index is -0.933. The van der Waals surface area contributed by atoms with Crippen molar-refractivity contribution >= 4 is 29.5 Å². The predicted octanol–water partition coefficient (Wildman–Crippen LogP) is 1.84. The molecule has 0 aliphatic carbocycles. The molecule has 1 aromatic heterocycles. The maximum atomic E-state index is 12.4. The van der Waals surface area contributed by atoms with Gasteiger partial charge in [-0.05, 0) is 20.8 Å². The number of aliphatic hydroxyl groups is 1. The van der Waals surface area contributed by atoms with E-state index in [2.05, 4.69) is 9.97 Å². The van der Waals surface area contributed by atoms with E-state index in [4.69, 9.17) is 21.1 Å². The molecular weight excluding hydrogens is 348 g/mol. The fourth-order valence-electron chi connectivity index (χ4n) is 3.05. The van der Waals surface area contributed by atoms with Gasteiger partial charge < -0.3 is 19.5 Å². The van der Waals surface area contributed by atoms with Gasteiger partial charge in [-0.3, -0.25) is 4.90 Å². The van der Waals surface area contributed by atoms with Crippen molar-refractivity contribution in [3.05, 3.63) is 11.2 Å². The molecule has 2 aliphatic heterocycles. The van der Waals surface area contributed by atoms with Crippen LogP contribution in [0.15, 0.2) is 6.07 Å². The zero-order valence-electron chi connectivity index (χ0n) is 14.6. The number of anilines is 2. The second-order valence-electron chi connectivity index (χ2n) is 7.00. The van der Waals surface area contributed by atoms with Crippen LogP contribution in [0.1, 0.15) is 27.2 Å². The summed E-state index contributed by atoms with van der Waals surface area (Å²) >= 11 is 6.16. The first-order valence-corrected chi connectivity index (χ1v) is 8.72. The molecule has 1 aromatic rings. The van der Waals surface area contributed by atoms with Gasteiger partial charge in [0.2, 0.25) is 5.95 Å². The first-order valence-electron chi connectivity index (χ1n) is 8.34. The lowest BCUT2D eigenvalue weighted by molar-refractivity contribution is 0.0198. The van der Waals surface area contributed by atoms with Crippen molar-refractivity contribution in [2.24, 2.45) is 0 Å². The van der Waals surface area contributed by atoms with Crippen LogP contribution < -0.4 is 9.80 Å². The molecule has 9 heteroatoms. The van der Waals surface area contributed by atoms with E-state index in [-0.39, 0.29) is 11.2 Å². The summed E-state index contributed by atoms with van der Waals surface area (Å²) in [6.07, 6.45) is -0.580. The summed E-state index contributed by atoms with van der Waals surface area (Å²) in [5.41, 5.74) is -0.933. The molecule has 3 rings (SSSR count). The molecule has 1 N–H and O–H groups in total. The molecule has 1 amide bonds. The maximum absolute atomic E-state index is 12.4. The molecule has 0 saturated carbocycles. The van der Waals surface area contributed by atoms with Crippen molar-refractivity contribution in [1.82, 2.24) is 9.97 Å². The van der Waals surface area contributed by atoms with E-state index < -0.39 is 17.8 Å². The van der Waals surface area contributed by atoms with Gasteiger partial charge in [0, 0.05) is 25.6 Å². The van der Waals surface area contributed by atoms with E-state index in [0.717, 1.165) is 0 Å². The van der Waals surface area contributed by atoms with Crippen LogP contribution in [0.25, 0.3) is 0 Å². The Morgan fingerprint density at radius 2 is 2.04 bits per heavy atom. The smallest absolute Gasteiger partial charge is 0.416 e. The highest BCUT2D eigenvalue weighted by molar-refractivity contribution is 6.29. The highest BCUT2D eigenvalue weighted by Crippen LogP contribution is 2.31. The Morgan fingerprint density at radius 1 is 1.36 bits per heavy atom. The molecule has 2 aliphatic rings. The monoisotopic (exact) mass is 370 g/mol. The van der Waals surface area contributed by atoms with Gasteiger partial charge in [0.15, 0.2) is 0 Å². The van der Waals surface area contributed by atoms with Crippen LogP contribution >= 0.6 is 11.6 Å². The Kier molecular flexibility index (Phi) is 5.04. The average molecular weight is 371 g/mol. The summed E-state index contributed by atoms with van der Waals surface area (Å²) in [4.78, 5) is 24.6. The summed E-state index contributed by atoms with van der Waals surface area (Å²) < 4.78 is 10.8. The van der Waals surface area contributed by atoms with Crippen molar-refractivity contribution in [2.45, 2.75) is 44.9 Å². The lowest BCUT2D eigenvalue weighted by Gasteiger charge is -2.28. The molecule has 25 heavy (non-hydrogen) atoms. The number of rotatable bonds is 4. The highest BCUT2D eigenvalue weighted by Gasteiger charge is 2.42. The Balaban J connectivity index is 1.85. The number of nitrogens with zero attached hydrogens (tertiary/aromatic N) is 4. The van der Waals surface area contributed by atoms with Crippen molar-refractivity contribution in [1.29, 1.82) is 0 Å². The minimum Gasteiger partial charge on any atom is -0.443 e. The number of morpholine rings is 1. The Hall–Kier alpha value is -1.64. The highest BCUT2D eigenvalue weighted by atomic mass is 35.5. The first kappa shape index (κ1) is 18.2. The summed E-state index contributed by atoms with van der Waals surface area (Å²) in [6.45, 7) is 7.78. The SMILES string of the molecule is C[C@H]1C(CC(C)(C)O)OC(=O)N1c1cc(Cl)nc(N2CCOCC2)n1. The zero-order chi connectivity index (χ0) is 18.2. The van der Waals surface area contributed by atoms with Gasteiger partial charge in [-0.25, -0.2) is 9.78 Å². The molecule has 0 aromatic carbocycles. The van der Waals surface area contributed by atoms with Gasteiger partial charge in [-0.2, -0.15) is 4.98 Å². The van der Waals surface area contributed by atoms with Gasteiger partial charge in [0.05, 0.1) is 24.9 Å². The van der Waals surface area contributed by atoms with Crippen LogP contribution in [0.5, 0.6) is 0 Å². The number of ether oxygens (including phenoxy) is 2. The van der Waals surface area contributed by atoms with Gasteiger partial charge in [0.25, 0.3) is 0 Å². The summed E-state index contributed by atoms with van der Waals surface area (Å²) in [5.74, 6) is 0.869. The first-order chi connectivity index (χ1) is 11.7. The van der Waals surface area contributed by atoms with Crippen LogP contribution in [0, 0.1) is 0 Å². The van der Waals surface area contributed by atoms with E-state index in [0.29, 0.717) is 44.5 Å². The number of hydrogen-bond donors (Lipinski definition) is 1. The average Bonchev–Trinajstić information content (AvgIpc) is 2.79. The van der Waals surface area contributed by atoms with Crippen molar-refractivity contribution in [3.8, 4) is 0 Å². The second kappa shape index (κ2) is 6.93.